The number of nitrogens with zero attached hydrogens (tertiary/aromatic N) is 1. The van der Waals surface area contributed by atoms with Crippen LogP contribution in [0.4, 0.5) is 0 Å². The number of carbonyl (C=O) groups is 1. The van der Waals surface area contributed by atoms with Crippen molar-refractivity contribution in [3.63, 3.8) is 0 Å². The van der Waals surface area contributed by atoms with E-state index in [4.69, 9.17) is 5.14 Å². The minimum Gasteiger partial charge on any atom is -0.337 e. The maximum absolute atomic E-state index is 12.4. The molecule has 122 valence electrons. The maximum atomic E-state index is 12.4. The molecule has 1 aromatic rings. The van der Waals surface area contributed by atoms with Gasteiger partial charge < -0.3 is 4.90 Å². The Hall–Kier alpha value is -1.45. The number of benzene rings is 1. The van der Waals surface area contributed by atoms with E-state index in [0.29, 0.717) is 11.1 Å². The zero-order valence-electron chi connectivity index (χ0n) is 12.4. The Bertz CT molecular complexity index is 814. The van der Waals surface area contributed by atoms with E-state index in [1.54, 1.807) is 19.9 Å². The van der Waals surface area contributed by atoms with Gasteiger partial charge in [-0.2, -0.15) is 0 Å². The van der Waals surface area contributed by atoms with Crippen LogP contribution < -0.4 is 5.14 Å². The predicted octanol–water partition coefficient (Wildman–Crippen LogP) is -0.179. The van der Waals surface area contributed by atoms with E-state index in [9.17, 15) is 21.6 Å². The van der Waals surface area contributed by atoms with Crippen molar-refractivity contribution in [1.29, 1.82) is 0 Å². The van der Waals surface area contributed by atoms with Crippen LogP contribution in [-0.2, 0) is 19.9 Å². The summed E-state index contributed by atoms with van der Waals surface area (Å²) >= 11 is 0. The van der Waals surface area contributed by atoms with Crippen LogP contribution in [0.5, 0.6) is 0 Å². The molecule has 2 N–H and O–H groups in total. The number of hydrogen-bond acceptors (Lipinski definition) is 5. The molecule has 0 aromatic heterocycles. The van der Waals surface area contributed by atoms with E-state index in [1.165, 1.54) is 11.0 Å². The largest absolute Gasteiger partial charge is 0.337 e. The van der Waals surface area contributed by atoms with Crippen molar-refractivity contribution in [1.82, 2.24) is 4.90 Å². The Morgan fingerprint density at radius 1 is 1.18 bits per heavy atom. The number of sulfone groups is 1. The highest BCUT2D eigenvalue weighted by Gasteiger charge is 2.27. The summed E-state index contributed by atoms with van der Waals surface area (Å²) in [5, 5.41) is 5.18. The van der Waals surface area contributed by atoms with Gasteiger partial charge in [0, 0.05) is 18.7 Å². The number of hydrogen-bond donors (Lipinski definition) is 1. The first-order valence-electron chi connectivity index (χ1n) is 6.65. The minimum absolute atomic E-state index is 0.0777. The van der Waals surface area contributed by atoms with Gasteiger partial charge in [-0.25, -0.2) is 22.0 Å². The third kappa shape index (κ3) is 3.47. The summed E-state index contributed by atoms with van der Waals surface area (Å²) in [6, 6.07) is 2.85. The van der Waals surface area contributed by atoms with Gasteiger partial charge in [-0.05, 0) is 37.1 Å². The van der Waals surface area contributed by atoms with Gasteiger partial charge in [-0.1, -0.05) is 0 Å². The molecule has 7 nitrogen and oxygen atoms in total. The van der Waals surface area contributed by atoms with Gasteiger partial charge >= 0.3 is 0 Å². The molecule has 1 aliphatic rings. The summed E-state index contributed by atoms with van der Waals surface area (Å²) < 4.78 is 46.0. The van der Waals surface area contributed by atoms with E-state index in [-0.39, 0.29) is 41.0 Å². The molecule has 0 unspecified atom stereocenters. The molecular weight excluding hydrogens is 328 g/mol. The van der Waals surface area contributed by atoms with Crippen molar-refractivity contribution in [2.45, 2.75) is 18.7 Å². The van der Waals surface area contributed by atoms with Crippen LogP contribution in [0.25, 0.3) is 0 Å². The lowest BCUT2D eigenvalue weighted by Gasteiger charge is -2.27. The van der Waals surface area contributed by atoms with E-state index >= 15 is 0 Å². The fourth-order valence-corrected chi connectivity index (χ4v) is 4.42. The van der Waals surface area contributed by atoms with Crippen molar-refractivity contribution in [3.8, 4) is 0 Å². The number of nitrogens with two attached hydrogens (primary N) is 1. The third-order valence-electron chi connectivity index (χ3n) is 3.80. The van der Waals surface area contributed by atoms with E-state index in [1.807, 2.05) is 0 Å². The zero-order valence-corrected chi connectivity index (χ0v) is 14.0. The second-order valence-electron chi connectivity index (χ2n) is 5.41. The Balaban J connectivity index is 2.37. The highest BCUT2D eigenvalue weighted by molar-refractivity contribution is 7.91. The second kappa shape index (κ2) is 5.64. The van der Waals surface area contributed by atoms with Gasteiger partial charge in [0.05, 0.1) is 16.4 Å². The van der Waals surface area contributed by atoms with Gasteiger partial charge in [0.25, 0.3) is 5.91 Å². The molecule has 1 aliphatic heterocycles. The number of aryl methyl sites for hydroxylation is 1. The van der Waals surface area contributed by atoms with Crippen LogP contribution >= 0.6 is 0 Å². The topological polar surface area (TPSA) is 115 Å². The van der Waals surface area contributed by atoms with Gasteiger partial charge in [0.1, 0.15) is 0 Å². The van der Waals surface area contributed by atoms with Gasteiger partial charge in [0.2, 0.25) is 10.0 Å². The number of rotatable bonds is 2. The van der Waals surface area contributed by atoms with Crippen molar-refractivity contribution >= 4 is 25.8 Å². The first-order chi connectivity index (χ1) is 10.0. The van der Waals surface area contributed by atoms with Crippen molar-refractivity contribution in [3.05, 3.63) is 28.8 Å². The Morgan fingerprint density at radius 2 is 1.73 bits per heavy atom. The third-order valence-corrected chi connectivity index (χ3v) is 6.45. The van der Waals surface area contributed by atoms with Crippen molar-refractivity contribution in [2.75, 3.05) is 24.6 Å². The molecule has 0 spiro atoms. The number of primary sulfonamides is 1. The standard InChI is InChI=1S/C13H18N2O5S2/c1-9-7-11(8-12(10(9)2)22(14,19)20)13(16)15-3-5-21(17,18)6-4-15/h7-8H,3-6H2,1-2H3,(H2,14,19,20). The molecule has 0 saturated carbocycles. The van der Waals surface area contributed by atoms with Gasteiger partial charge in [0.15, 0.2) is 9.84 Å². The molecule has 2 rings (SSSR count). The van der Waals surface area contributed by atoms with E-state index in [2.05, 4.69) is 0 Å². The summed E-state index contributed by atoms with van der Waals surface area (Å²) in [6.45, 7) is 3.54. The molecule has 1 aromatic carbocycles. The molecule has 1 fully saturated rings. The first kappa shape index (κ1) is 16.9. The highest BCUT2D eigenvalue weighted by Crippen LogP contribution is 2.21. The predicted molar refractivity (Wildman–Crippen MR) is 81.8 cm³/mol. The fourth-order valence-electron chi connectivity index (χ4n) is 2.34. The summed E-state index contributed by atoms with van der Waals surface area (Å²) in [4.78, 5) is 13.8. The summed E-state index contributed by atoms with van der Waals surface area (Å²) in [7, 11) is -7.02. The minimum atomic E-state index is -3.93. The summed E-state index contributed by atoms with van der Waals surface area (Å²) in [5.74, 6) is -0.542. The van der Waals surface area contributed by atoms with Crippen LogP contribution in [0.1, 0.15) is 21.5 Å². The molecule has 1 heterocycles. The average Bonchev–Trinajstić information content (AvgIpc) is 2.39. The monoisotopic (exact) mass is 346 g/mol. The zero-order chi connectivity index (χ0) is 16.7. The molecular formula is C13H18N2O5S2. The van der Waals surface area contributed by atoms with Crippen LogP contribution in [0, 0.1) is 13.8 Å². The lowest BCUT2D eigenvalue weighted by atomic mass is 10.1. The molecule has 0 bridgehead atoms. The van der Waals surface area contributed by atoms with Gasteiger partial charge in [-0.15, -0.1) is 0 Å². The number of amides is 1. The molecule has 22 heavy (non-hydrogen) atoms. The van der Waals surface area contributed by atoms with Crippen LogP contribution in [0.2, 0.25) is 0 Å². The average molecular weight is 346 g/mol. The maximum Gasteiger partial charge on any atom is 0.253 e. The molecule has 1 amide bonds. The number of sulfonamides is 1. The molecule has 0 atom stereocenters. The molecule has 1 saturated heterocycles. The van der Waals surface area contributed by atoms with Gasteiger partial charge in [-0.3, -0.25) is 4.79 Å². The van der Waals surface area contributed by atoms with Crippen molar-refractivity contribution in [2.24, 2.45) is 5.14 Å². The highest BCUT2D eigenvalue weighted by atomic mass is 32.2. The van der Waals surface area contributed by atoms with Crippen LogP contribution in [0.3, 0.4) is 0 Å². The van der Waals surface area contributed by atoms with Crippen LogP contribution in [0.15, 0.2) is 17.0 Å². The lowest BCUT2D eigenvalue weighted by Crippen LogP contribution is -2.43. The second-order valence-corrected chi connectivity index (χ2v) is 9.24. The Kier molecular flexibility index (Phi) is 4.33. The van der Waals surface area contributed by atoms with E-state index < -0.39 is 19.9 Å². The molecule has 9 heteroatoms. The quantitative estimate of drug-likeness (QED) is 0.798. The Morgan fingerprint density at radius 3 is 2.23 bits per heavy atom. The Labute approximate surface area is 130 Å². The lowest BCUT2D eigenvalue weighted by molar-refractivity contribution is 0.0770. The number of carbonyl (C=O) groups excluding carboxylic acids is 1. The van der Waals surface area contributed by atoms with E-state index in [0.717, 1.165) is 0 Å². The fraction of sp³-hybridized carbons (Fsp3) is 0.462. The normalized spacial score (nSPS) is 18.2. The summed E-state index contributed by atoms with van der Waals surface area (Å²) in [5.41, 5.74) is 1.34. The molecule has 0 radical (unpaired) electrons. The first-order valence-corrected chi connectivity index (χ1v) is 10.0. The molecule has 0 aliphatic carbocycles. The smallest absolute Gasteiger partial charge is 0.253 e. The van der Waals surface area contributed by atoms with Crippen LogP contribution in [-0.4, -0.2) is 52.2 Å². The summed E-state index contributed by atoms with van der Waals surface area (Å²) in [6.07, 6.45) is 0. The van der Waals surface area contributed by atoms with Crippen molar-refractivity contribution < 1.29 is 21.6 Å². The SMILES string of the molecule is Cc1cc(C(=O)N2CCS(=O)(=O)CC2)cc(S(N)(=O)=O)c1C.